The highest BCUT2D eigenvalue weighted by Crippen LogP contribution is 2.22. The summed E-state index contributed by atoms with van der Waals surface area (Å²) in [7, 11) is 0. The van der Waals surface area contributed by atoms with Gasteiger partial charge in [0.2, 0.25) is 0 Å². The molecular weight excluding hydrogens is 308 g/mol. The molecule has 0 aromatic heterocycles. The molecule has 112 valence electrons. The van der Waals surface area contributed by atoms with Gasteiger partial charge in [0.1, 0.15) is 5.82 Å². The van der Waals surface area contributed by atoms with Crippen molar-refractivity contribution < 1.29 is 4.39 Å². The van der Waals surface area contributed by atoms with Crippen LogP contribution < -0.4 is 5.32 Å². The van der Waals surface area contributed by atoms with E-state index in [9.17, 15) is 4.39 Å². The first-order valence-corrected chi connectivity index (χ1v) is 7.76. The number of halogens is 3. The fourth-order valence-corrected chi connectivity index (χ4v) is 2.81. The summed E-state index contributed by atoms with van der Waals surface area (Å²) in [4.78, 5) is 0. The molecule has 2 aromatic rings. The van der Waals surface area contributed by atoms with E-state index in [4.69, 9.17) is 23.2 Å². The highest BCUT2D eigenvalue weighted by Gasteiger charge is 2.12. The van der Waals surface area contributed by atoms with E-state index in [1.165, 1.54) is 6.07 Å². The fourth-order valence-electron chi connectivity index (χ4n) is 2.42. The average molecular weight is 326 g/mol. The van der Waals surface area contributed by atoms with Gasteiger partial charge < -0.3 is 5.32 Å². The summed E-state index contributed by atoms with van der Waals surface area (Å²) in [5.74, 6) is -0.205. The van der Waals surface area contributed by atoms with Gasteiger partial charge in [0, 0.05) is 16.1 Å². The highest BCUT2D eigenvalue weighted by molar-refractivity contribution is 6.33. The van der Waals surface area contributed by atoms with Crippen LogP contribution in [0.1, 0.15) is 18.1 Å². The summed E-state index contributed by atoms with van der Waals surface area (Å²) >= 11 is 12.3. The third-order valence-corrected chi connectivity index (χ3v) is 3.94. The van der Waals surface area contributed by atoms with E-state index in [-0.39, 0.29) is 11.9 Å². The molecule has 0 spiro atoms. The molecule has 0 aliphatic rings. The van der Waals surface area contributed by atoms with Crippen molar-refractivity contribution in [3.63, 3.8) is 0 Å². The normalized spacial score (nSPS) is 12.4. The zero-order valence-corrected chi connectivity index (χ0v) is 13.4. The smallest absolute Gasteiger partial charge is 0.123 e. The fraction of sp³-hybridized carbons (Fsp3) is 0.294. The Balaban J connectivity index is 2.13. The second-order valence-electron chi connectivity index (χ2n) is 5.03. The van der Waals surface area contributed by atoms with Gasteiger partial charge in [-0.15, -0.1) is 0 Å². The Morgan fingerprint density at radius 1 is 1.10 bits per heavy atom. The molecule has 4 heteroatoms. The predicted molar refractivity (Wildman–Crippen MR) is 87.7 cm³/mol. The van der Waals surface area contributed by atoms with E-state index in [1.807, 2.05) is 18.2 Å². The minimum atomic E-state index is -0.205. The van der Waals surface area contributed by atoms with Crippen LogP contribution in [0, 0.1) is 5.82 Å². The molecule has 2 aromatic carbocycles. The second-order valence-corrected chi connectivity index (χ2v) is 5.87. The predicted octanol–water partition coefficient (Wildman–Crippen LogP) is 4.90. The van der Waals surface area contributed by atoms with Gasteiger partial charge in [-0.3, -0.25) is 0 Å². The molecule has 1 unspecified atom stereocenters. The van der Waals surface area contributed by atoms with Crippen LogP contribution in [0.15, 0.2) is 42.5 Å². The Bertz CT molecular complexity index is 601. The van der Waals surface area contributed by atoms with Crippen LogP contribution in [0.2, 0.25) is 10.0 Å². The van der Waals surface area contributed by atoms with Crippen molar-refractivity contribution in [2.45, 2.75) is 25.8 Å². The summed E-state index contributed by atoms with van der Waals surface area (Å²) in [6.07, 6.45) is 1.50. The molecule has 1 N–H and O–H groups in total. The first kappa shape index (κ1) is 16.3. The Labute approximate surface area is 135 Å². The Morgan fingerprint density at radius 3 is 2.62 bits per heavy atom. The van der Waals surface area contributed by atoms with Crippen LogP contribution >= 0.6 is 23.2 Å². The van der Waals surface area contributed by atoms with Crippen LogP contribution in [-0.2, 0) is 12.8 Å². The van der Waals surface area contributed by atoms with Gasteiger partial charge in [-0.1, -0.05) is 42.3 Å². The van der Waals surface area contributed by atoms with Gasteiger partial charge in [0.25, 0.3) is 0 Å². The number of nitrogens with one attached hydrogen (secondary N) is 1. The number of hydrogen-bond acceptors (Lipinski definition) is 1. The molecule has 0 aliphatic carbocycles. The average Bonchev–Trinajstić information content (AvgIpc) is 2.43. The Hall–Kier alpha value is -1.09. The monoisotopic (exact) mass is 325 g/mol. The first-order valence-electron chi connectivity index (χ1n) is 7.00. The number of hydrogen-bond donors (Lipinski definition) is 1. The van der Waals surface area contributed by atoms with Crippen molar-refractivity contribution in [1.82, 2.24) is 5.32 Å². The minimum Gasteiger partial charge on any atom is -0.314 e. The van der Waals surface area contributed by atoms with Crippen molar-refractivity contribution in [2.24, 2.45) is 0 Å². The lowest BCUT2D eigenvalue weighted by Gasteiger charge is -2.19. The maximum absolute atomic E-state index is 13.3. The van der Waals surface area contributed by atoms with Gasteiger partial charge in [-0.05, 0) is 60.8 Å². The van der Waals surface area contributed by atoms with Crippen LogP contribution in [0.25, 0.3) is 0 Å². The molecule has 0 fully saturated rings. The van der Waals surface area contributed by atoms with E-state index in [1.54, 1.807) is 18.2 Å². The van der Waals surface area contributed by atoms with Crippen LogP contribution in [-0.4, -0.2) is 12.6 Å². The zero-order valence-electron chi connectivity index (χ0n) is 11.9. The van der Waals surface area contributed by atoms with Crippen molar-refractivity contribution >= 4 is 23.2 Å². The lowest BCUT2D eigenvalue weighted by molar-refractivity contribution is 0.519. The maximum Gasteiger partial charge on any atom is 0.123 e. The van der Waals surface area contributed by atoms with Crippen molar-refractivity contribution in [2.75, 3.05) is 6.54 Å². The number of rotatable bonds is 6. The van der Waals surface area contributed by atoms with Crippen LogP contribution in [0.5, 0.6) is 0 Å². The quantitative estimate of drug-likeness (QED) is 0.796. The first-order chi connectivity index (χ1) is 10.1. The third-order valence-electron chi connectivity index (χ3n) is 3.34. The summed E-state index contributed by atoms with van der Waals surface area (Å²) < 4.78 is 13.3. The van der Waals surface area contributed by atoms with Crippen molar-refractivity contribution in [1.29, 1.82) is 0 Å². The molecule has 1 nitrogen and oxygen atoms in total. The minimum absolute atomic E-state index is 0.188. The molecule has 0 radical (unpaired) electrons. The van der Waals surface area contributed by atoms with E-state index in [2.05, 4.69) is 12.2 Å². The van der Waals surface area contributed by atoms with Gasteiger partial charge >= 0.3 is 0 Å². The second kappa shape index (κ2) is 7.79. The van der Waals surface area contributed by atoms with Gasteiger partial charge in [0.15, 0.2) is 0 Å². The Kier molecular flexibility index (Phi) is 6.04. The third kappa shape index (κ3) is 4.99. The van der Waals surface area contributed by atoms with Crippen LogP contribution in [0.3, 0.4) is 0 Å². The number of benzene rings is 2. The van der Waals surface area contributed by atoms with Crippen molar-refractivity contribution in [3.05, 3.63) is 69.5 Å². The summed E-state index contributed by atoms with van der Waals surface area (Å²) in [6.45, 7) is 2.90. The molecule has 0 saturated heterocycles. The summed E-state index contributed by atoms with van der Waals surface area (Å²) in [5.41, 5.74) is 1.98. The molecule has 0 amide bonds. The van der Waals surface area contributed by atoms with Crippen LogP contribution in [0.4, 0.5) is 4.39 Å². The molecular formula is C17H18Cl2FN. The largest absolute Gasteiger partial charge is 0.314 e. The zero-order chi connectivity index (χ0) is 15.2. The van der Waals surface area contributed by atoms with E-state index in [0.717, 1.165) is 30.5 Å². The van der Waals surface area contributed by atoms with Crippen molar-refractivity contribution in [3.8, 4) is 0 Å². The van der Waals surface area contributed by atoms with Gasteiger partial charge in [-0.25, -0.2) is 4.39 Å². The molecule has 21 heavy (non-hydrogen) atoms. The molecule has 2 rings (SSSR count). The van der Waals surface area contributed by atoms with Gasteiger partial charge in [0.05, 0.1) is 0 Å². The summed E-state index contributed by atoms with van der Waals surface area (Å²) in [5, 5.41) is 4.81. The topological polar surface area (TPSA) is 12.0 Å². The molecule has 0 bridgehead atoms. The lowest BCUT2D eigenvalue weighted by Crippen LogP contribution is -2.33. The number of likely N-dealkylation sites (N-methyl/N-ethyl adjacent to an activating group) is 1. The molecule has 0 heterocycles. The van der Waals surface area contributed by atoms with E-state index in [0.29, 0.717) is 10.0 Å². The maximum atomic E-state index is 13.3. The van der Waals surface area contributed by atoms with Gasteiger partial charge in [-0.2, -0.15) is 0 Å². The molecule has 0 saturated carbocycles. The molecule has 0 aliphatic heterocycles. The van der Waals surface area contributed by atoms with E-state index >= 15 is 0 Å². The SMILES string of the molecule is CCNC(Cc1cccc(F)c1)Cc1cc(Cl)ccc1Cl. The Morgan fingerprint density at radius 2 is 1.90 bits per heavy atom. The molecule has 1 atom stereocenters. The standard InChI is InChI=1S/C17H18Cl2FN/c1-2-21-16(9-12-4-3-5-15(20)8-12)11-13-10-14(18)6-7-17(13)19/h3-8,10,16,21H,2,9,11H2,1H3. The highest BCUT2D eigenvalue weighted by atomic mass is 35.5. The summed E-state index contributed by atoms with van der Waals surface area (Å²) in [6, 6.07) is 12.4. The van der Waals surface area contributed by atoms with E-state index < -0.39 is 0 Å². The lowest BCUT2D eigenvalue weighted by atomic mass is 9.99.